The molecule has 2 N–H and O–H groups in total. The van der Waals surface area contributed by atoms with Gasteiger partial charge in [-0.3, -0.25) is 9.89 Å². The molecular weight excluding hydrogens is 556 g/mol. The van der Waals surface area contributed by atoms with Crippen LogP contribution in [0.15, 0.2) is 29.3 Å². The maximum Gasteiger partial charge on any atom is 0.289 e. The van der Waals surface area contributed by atoms with Crippen molar-refractivity contribution < 1.29 is 22.0 Å². The highest BCUT2D eigenvalue weighted by Crippen LogP contribution is 2.48. The molecule has 216 valence electrons. The van der Waals surface area contributed by atoms with Gasteiger partial charge in [0.15, 0.2) is 33.1 Å². The van der Waals surface area contributed by atoms with E-state index >= 15 is 8.78 Å². The lowest BCUT2D eigenvalue weighted by molar-refractivity contribution is 0.0812. The highest BCUT2D eigenvalue weighted by Gasteiger charge is 2.34. The number of benzene rings is 1. The van der Waals surface area contributed by atoms with E-state index in [1.807, 2.05) is 6.92 Å². The van der Waals surface area contributed by atoms with Crippen LogP contribution >= 0.6 is 0 Å². The molecule has 1 aromatic carbocycles. The average Bonchev–Trinajstić information content (AvgIpc) is 3.53. The van der Waals surface area contributed by atoms with Crippen molar-refractivity contribution in [2.45, 2.75) is 30.6 Å². The number of hydrogen-bond donors (Lipinski definition) is 2. The summed E-state index contributed by atoms with van der Waals surface area (Å²) in [6.45, 7) is 1.84. The van der Waals surface area contributed by atoms with Crippen LogP contribution in [0.2, 0.25) is 0 Å². The van der Waals surface area contributed by atoms with Gasteiger partial charge >= 0.3 is 0 Å². The molecule has 1 fully saturated rings. The molecule has 1 aliphatic carbocycles. The molecular formula is C26H29F2N9O3S. The maximum absolute atomic E-state index is 15.2. The summed E-state index contributed by atoms with van der Waals surface area (Å²) < 4.78 is 55.8. The van der Waals surface area contributed by atoms with E-state index in [-0.39, 0.29) is 23.6 Å². The number of sulfone groups is 1. The van der Waals surface area contributed by atoms with Crippen LogP contribution < -0.4 is 10.2 Å². The molecule has 41 heavy (non-hydrogen) atoms. The quantitative estimate of drug-likeness (QED) is 0.317. The maximum atomic E-state index is 15.2. The minimum atomic E-state index is -3.85. The zero-order valence-electron chi connectivity index (χ0n) is 23.3. The van der Waals surface area contributed by atoms with Gasteiger partial charge in [-0.05, 0) is 37.8 Å². The summed E-state index contributed by atoms with van der Waals surface area (Å²) in [5.74, 6) is -1.48. The highest BCUT2D eigenvalue weighted by molar-refractivity contribution is 7.90. The molecule has 0 unspecified atom stereocenters. The Balaban J connectivity index is 1.71. The number of anilines is 4. The largest absolute Gasteiger partial charge is 0.342 e. The van der Waals surface area contributed by atoms with Gasteiger partial charge in [-0.2, -0.15) is 10.1 Å². The second-order valence-electron chi connectivity index (χ2n) is 10.3. The SMILES string of the molecule is Cc1cc(Nc2nc(N(C)c3c(F)cc(S(C)(=O)=O)cc3F)nc(-c3cn(C)c(C(=O)N(C)C)n3)c2C2CC2)n[nH]1. The summed E-state index contributed by atoms with van der Waals surface area (Å²) in [5.41, 5.74) is 1.78. The molecule has 0 spiro atoms. The predicted molar refractivity (Wildman–Crippen MR) is 148 cm³/mol. The van der Waals surface area contributed by atoms with Crippen LogP contribution in [0.4, 0.5) is 32.1 Å². The zero-order chi connectivity index (χ0) is 29.8. The minimum absolute atomic E-state index is 0.0874. The molecule has 0 aliphatic heterocycles. The summed E-state index contributed by atoms with van der Waals surface area (Å²) >= 11 is 0. The number of hydrogen-bond acceptors (Lipinski definition) is 9. The number of nitrogens with zero attached hydrogens (tertiary/aromatic N) is 7. The Labute approximate surface area is 235 Å². The molecule has 15 heteroatoms. The van der Waals surface area contributed by atoms with E-state index in [0.29, 0.717) is 23.0 Å². The Bertz CT molecular complexity index is 1760. The summed E-state index contributed by atoms with van der Waals surface area (Å²) in [7, 11) is 2.46. The van der Waals surface area contributed by atoms with Gasteiger partial charge in [0, 0.05) is 58.0 Å². The van der Waals surface area contributed by atoms with Gasteiger partial charge in [-0.1, -0.05) is 0 Å². The number of aromatic amines is 1. The van der Waals surface area contributed by atoms with Gasteiger partial charge in [-0.25, -0.2) is 27.2 Å². The number of nitrogens with one attached hydrogen (secondary N) is 2. The molecule has 3 aromatic heterocycles. The smallest absolute Gasteiger partial charge is 0.289 e. The number of rotatable bonds is 8. The van der Waals surface area contributed by atoms with E-state index < -0.39 is 32.1 Å². The number of imidazole rings is 1. The number of amides is 1. The van der Waals surface area contributed by atoms with E-state index in [1.165, 1.54) is 11.9 Å². The summed E-state index contributed by atoms with van der Waals surface area (Å²) in [6.07, 6.45) is 4.27. The Kier molecular flexibility index (Phi) is 7.01. The summed E-state index contributed by atoms with van der Waals surface area (Å²) in [5, 5.41) is 10.3. The molecule has 1 aliphatic rings. The van der Waals surface area contributed by atoms with Gasteiger partial charge in [0.25, 0.3) is 5.91 Å². The Morgan fingerprint density at radius 3 is 2.29 bits per heavy atom. The van der Waals surface area contributed by atoms with Crippen molar-refractivity contribution in [2.75, 3.05) is 37.6 Å². The van der Waals surface area contributed by atoms with E-state index in [4.69, 9.17) is 4.98 Å². The Morgan fingerprint density at radius 2 is 1.76 bits per heavy atom. The monoisotopic (exact) mass is 585 g/mol. The number of H-pyrrole nitrogens is 1. The van der Waals surface area contributed by atoms with Gasteiger partial charge in [0.2, 0.25) is 5.95 Å². The first kappa shape index (κ1) is 28.1. The number of aryl methyl sites for hydroxylation is 2. The zero-order valence-corrected chi connectivity index (χ0v) is 24.1. The summed E-state index contributed by atoms with van der Waals surface area (Å²) in [4.78, 5) is 28.7. The molecule has 1 saturated carbocycles. The van der Waals surface area contributed by atoms with Crippen molar-refractivity contribution in [1.82, 2.24) is 34.6 Å². The fraction of sp³-hybridized carbons (Fsp3) is 0.346. The van der Waals surface area contributed by atoms with Crippen molar-refractivity contribution in [1.29, 1.82) is 0 Å². The third-order valence-corrected chi connectivity index (χ3v) is 7.73. The van der Waals surface area contributed by atoms with Crippen molar-refractivity contribution in [3.8, 4) is 11.4 Å². The third kappa shape index (κ3) is 5.49. The van der Waals surface area contributed by atoms with E-state index in [2.05, 4.69) is 25.5 Å². The number of halogens is 2. The van der Waals surface area contributed by atoms with Crippen LogP contribution in [0.25, 0.3) is 11.4 Å². The van der Waals surface area contributed by atoms with Crippen molar-refractivity contribution >= 4 is 39.0 Å². The lowest BCUT2D eigenvalue weighted by Gasteiger charge is -2.22. The standard InChI is InChI=1S/C26H29F2N9O3S/c1-13-9-19(34-33-13)30-23-20(14-7-8-14)21(18-12-36(4)24(29-18)25(38)35(2)3)31-26(32-23)37(5)22-16(27)10-15(11-17(22)28)41(6,39)40/h9-12,14H,7-8H2,1-6H3,(H2,30,31,32,33,34). The van der Waals surface area contributed by atoms with Crippen LogP contribution in [0.1, 0.15) is 40.6 Å². The van der Waals surface area contributed by atoms with E-state index in [0.717, 1.165) is 47.4 Å². The topological polar surface area (TPSA) is 142 Å². The van der Waals surface area contributed by atoms with E-state index in [9.17, 15) is 13.2 Å². The molecule has 0 atom stereocenters. The minimum Gasteiger partial charge on any atom is -0.342 e. The molecule has 12 nitrogen and oxygen atoms in total. The number of carbonyl (C=O) groups excluding carboxylic acids is 1. The van der Waals surface area contributed by atoms with Crippen molar-refractivity contribution in [3.63, 3.8) is 0 Å². The molecule has 5 rings (SSSR count). The van der Waals surface area contributed by atoms with Gasteiger partial charge in [0.1, 0.15) is 22.9 Å². The molecule has 0 radical (unpaired) electrons. The first-order valence-electron chi connectivity index (χ1n) is 12.6. The Morgan fingerprint density at radius 1 is 1.10 bits per heavy atom. The molecule has 4 aromatic rings. The number of carbonyl (C=O) groups is 1. The van der Waals surface area contributed by atoms with Crippen LogP contribution in [0, 0.1) is 18.6 Å². The second kappa shape index (κ2) is 10.2. The lowest BCUT2D eigenvalue weighted by Crippen LogP contribution is -2.24. The van der Waals surface area contributed by atoms with E-state index in [1.54, 1.807) is 38.0 Å². The predicted octanol–water partition coefficient (Wildman–Crippen LogP) is 3.68. The Hall–Kier alpha value is -4.40. The summed E-state index contributed by atoms with van der Waals surface area (Å²) in [6, 6.07) is 3.29. The highest BCUT2D eigenvalue weighted by atomic mass is 32.2. The van der Waals surface area contributed by atoms with Gasteiger partial charge in [0.05, 0.1) is 4.90 Å². The van der Waals surface area contributed by atoms with Crippen LogP contribution in [-0.4, -0.2) is 76.3 Å². The van der Waals surface area contributed by atoms with Crippen LogP contribution in [0.3, 0.4) is 0 Å². The first-order chi connectivity index (χ1) is 19.2. The van der Waals surface area contributed by atoms with Crippen LogP contribution in [0.5, 0.6) is 0 Å². The molecule has 3 heterocycles. The number of aromatic nitrogens is 6. The first-order valence-corrected chi connectivity index (χ1v) is 14.5. The lowest BCUT2D eigenvalue weighted by atomic mass is 10.1. The molecule has 0 bridgehead atoms. The fourth-order valence-electron chi connectivity index (χ4n) is 4.42. The second-order valence-corrected chi connectivity index (χ2v) is 12.3. The molecule has 0 saturated heterocycles. The van der Waals surface area contributed by atoms with Gasteiger partial charge in [-0.15, -0.1) is 0 Å². The third-order valence-electron chi connectivity index (χ3n) is 6.64. The van der Waals surface area contributed by atoms with Crippen molar-refractivity contribution in [2.24, 2.45) is 7.05 Å². The van der Waals surface area contributed by atoms with Gasteiger partial charge < -0.3 is 19.7 Å². The molecule has 1 amide bonds. The van der Waals surface area contributed by atoms with Crippen LogP contribution in [-0.2, 0) is 16.9 Å². The fourth-order valence-corrected chi connectivity index (χ4v) is 5.05. The van der Waals surface area contributed by atoms with Crippen molar-refractivity contribution in [3.05, 3.63) is 53.1 Å². The normalized spacial score (nSPS) is 13.4. The average molecular weight is 586 g/mol.